The Morgan fingerprint density at radius 1 is 1.33 bits per heavy atom. The Labute approximate surface area is 91.8 Å². The van der Waals surface area contributed by atoms with Crippen molar-refractivity contribution in [3.63, 3.8) is 0 Å². The first-order valence-electron chi connectivity index (χ1n) is 4.71. The molecule has 0 aliphatic heterocycles. The van der Waals surface area contributed by atoms with Crippen molar-refractivity contribution in [3.05, 3.63) is 38.6 Å². The lowest BCUT2D eigenvalue weighted by atomic mass is 10.2. The lowest BCUT2D eigenvalue weighted by molar-refractivity contribution is 1.03. The number of hydrogen-bond acceptors (Lipinski definition) is 3. The van der Waals surface area contributed by atoms with E-state index in [9.17, 15) is 4.79 Å². The number of aromatic nitrogens is 2. The van der Waals surface area contributed by atoms with Gasteiger partial charge in [0.15, 0.2) is 5.82 Å². The molecule has 0 saturated carbocycles. The molecule has 2 aromatic rings. The smallest absolute Gasteiger partial charge is 0.254 e. The third-order valence-electron chi connectivity index (χ3n) is 2.47. The number of nitrogens with zero attached hydrogens (tertiary/aromatic N) is 1. The van der Waals surface area contributed by atoms with Crippen molar-refractivity contribution < 1.29 is 0 Å². The van der Waals surface area contributed by atoms with Crippen molar-refractivity contribution in [1.82, 2.24) is 9.97 Å². The summed E-state index contributed by atoms with van der Waals surface area (Å²) in [5.41, 5.74) is 2.58. The number of aryl methyl sites for hydroxylation is 2. The minimum absolute atomic E-state index is 0.0506. The Kier molecular flexibility index (Phi) is 2.44. The summed E-state index contributed by atoms with van der Waals surface area (Å²) < 4.78 is 0. The fourth-order valence-corrected chi connectivity index (χ4v) is 2.24. The van der Waals surface area contributed by atoms with Gasteiger partial charge >= 0.3 is 0 Å². The van der Waals surface area contributed by atoms with Gasteiger partial charge in [-0.2, -0.15) is 0 Å². The molecule has 0 bridgehead atoms. The summed E-state index contributed by atoms with van der Waals surface area (Å²) in [7, 11) is 0. The van der Waals surface area contributed by atoms with E-state index in [1.807, 2.05) is 25.3 Å². The van der Waals surface area contributed by atoms with Gasteiger partial charge in [-0.15, -0.1) is 11.3 Å². The van der Waals surface area contributed by atoms with Gasteiger partial charge in [0.2, 0.25) is 0 Å². The predicted molar refractivity (Wildman–Crippen MR) is 62.4 cm³/mol. The van der Waals surface area contributed by atoms with Crippen molar-refractivity contribution in [2.24, 2.45) is 0 Å². The number of nitrogens with one attached hydrogen (secondary N) is 1. The fourth-order valence-electron chi connectivity index (χ4n) is 1.37. The zero-order valence-electron chi connectivity index (χ0n) is 8.92. The van der Waals surface area contributed by atoms with E-state index in [4.69, 9.17) is 0 Å². The van der Waals surface area contributed by atoms with E-state index in [0.717, 1.165) is 16.1 Å². The molecule has 0 aromatic carbocycles. The maximum Gasteiger partial charge on any atom is 0.254 e. The minimum atomic E-state index is -0.0506. The first-order chi connectivity index (χ1) is 7.09. The zero-order chi connectivity index (χ0) is 11.0. The predicted octanol–water partition coefficient (Wildman–Crippen LogP) is 2.42. The molecule has 0 aliphatic rings. The molecule has 0 spiro atoms. The van der Waals surface area contributed by atoms with Gasteiger partial charge in [0.25, 0.3) is 5.56 Å². The molecule has 15 heavy (non-hydrogen) atoms. The summed E-state index contributed by atoms with van der Waals surface area (Å²) in [5, 5.41) is 2.00. The molecule has 4 heteroatoms. The molecule has 0 amide bonds. The van der Waals surface area contributed by atoms with Crippen LogP contribution in [0, 0.1) is 20.8 Å². The molecule has 0 radical (unpaired) electrons. The summed E-state index contributed by atoms with van der Waals surface area (Å²) in [6.45, 7) is 5.66. The largest absolute Gasteiger partial charge is 0.306 e. The van der Waals surface area contributed by atoms with Gasteiger partial charge in [0.1, 0.15) is 0 Å². The molecular weight excluding hydrogens is 208 g/mol. The molecule has 78 valence electrons. The second-order valence-corrected chi connectivity index (χ2v) is 4.47. The lowest BCUT2D eigenvalue weighted by Gasteiger charge is -2.02. The van der Waals surface area contributed by atoms with Crippen LogP contribution in [0.25, 0.3) is 10.7 Å². The van der Waals surface area contributed by atoms with Crippen LogP contribution in [0.1, 0.15) is 16.8 Å². The van der Waals surface area contributed by atoms with E-state index >= 15 is 0 Å². The van der Waals surface area contributed by atoms with Crippen LogP contribution in [0.2, 0.25) is 0 Å². The standard InChI is InChI=1S/C11H12N2OS/c1-6-4-5-15-9(6)10-12-8(3)7(2)11(14)13-10/h4-5H,1-3H3,(H,12,13,14). The summed E-state index contributed by atoms with van der Waals surface area (Å²) in [6.07, 6.45) is 0. The first-order valence-corrected chi connectivity index (χ1v) is 5.59. The summed E-state index contributed by atoms with van der Waals surface area (Å²) in [4.78, 5) is 19.8. The highest BCUT2D eigenvalue weighted by atomic mass is 32.1. The van der Waals surface area contributed by atoms with E-state index < -0.39 is 0 Å². The monoisotopic (exact) mass is 220 g/mol. The normalized spacial score (nSPS) is 10.6. The summed E-state index contributed by atoms with van der Waals surface area (Å²) in [5.74, 6) is 0.676. The van der Waals surface area contributed by atoms with Gasteiger partial charge < -0.3 is 4.98 Å². The average molecular weight is 220 g/mol. The van der Waals surface area contributed by atoms with Crippen molar-refractivity contribution >= 4 is 11.3 Å². The van der Waals surface area contributed by atoms with Gasteiger partial charge in [0.05, 0.1) is 4.88 Å². The third kappa shape index (κ3) is 1.72. The van der Waals surface area contributed by atoms with Crippen LogP contribution >= 0.6 is 11.3 Å². The number of thiophene rings is 1. The molecule has 0 atom stereocenters. The molecular formula is C11H12N2OS. The molecule has 0 unspecified atom stereocenters. The molecule has 2 heterocycles. The van der Waals surface area contributed by atoms with Gasteiger partial charge in [-0.3, -0.25) is 4.79 Å². The molecule has 2 rings (SSSR count). The summed E-state index contributed by atoms with van der Waals surface area (Å²) in [6, 6.07) is 2.02. The van der Waals surface area contributed by atoms with Gasteiger partial charge in [-0.05, 0) is 37.8 Å². The van der Waals surface area contributed by atoms with Crippen LogP contribution in [-0.2, 0) is 0 Å². The highest BCUT2D eigenvalue weighted by Crippen LogP contribution is 2.25. The molecule has 0 saturated heterocycles. The van der Waals surface area contributed by atoms with Gasteiger partial charge in [-0.1, -0.05) is 0 Å². The maximum absolute atomic E-state index is 11.6. The summed E-state index contributed by atoms with van der Waals surface area (Å²) >= 11 is 1.59. The van der Waals surface area contributed by atoms with Crippen molar-refractivity contribution in [1.29, 1.82) is 0 Å². The molecule has 0 aliphatic carbocycles. The van der Waals surface area contributed by atoms with E-state index in [-0.39, 0.29) is 5.56 Å². The van der Waals surface area contributed by atoms with Crippen LogP contribution in [-0.4, -0.2) is 9.97 Å². The minimum Gasteiger partial charge on any atom is -0.306 e. The Morgan fingerprint density at radius 2 is 2.07 bits per heavy atom. The average Bonchev–Trinajstić information content (AvgIpc) is 2.60. The van der Waals surface area contributed by atoms with Crippen LogP contribution in [0.4, 0.5) is 0 Å². The second-order valence-electron chi connectivity index (χ2n) is 3.56. The second kappa shape index (κ2) is 3.62. The quantitative estimate of drug-likeness (QED) is 0.802. The highest BCUT2D eigenvalue weighted by molar-refractivity contribution is 7.13. The van der Waals surface area contributed by atoms with Crippen LogP contribution in [0.15, 0.2) is 16.2 Å². The molecule has 3 nitrogen and oxygen atoms in total. The molecule has 1 N–H and O–H groups in total. The van der Waals surface area contributed by atoms with Crippen molar-refractivity contribution in [2.75, 3.05) is 0 Å². The molecule has 0 fully saturated rings. The Hall–Kier alpha value is -1.42. The topological polar surface area (TPSA) is 45.8 Å². The van der Waals surface area contributed by atoms with E-state index in [1.165, 1.54) is 0 Å². The SMILES string of the molecule is Cc1ccsc1-c1nc(C)c(C)c(=O)[nH]1. The van der Waals surface area contributed by atoms with E-state index in [0.29, 0.717) is 11.4 Å². The number of H-pyrrole nitrogens is 1. The first kappa shape index (κ1) is 10.1. The van der Waals surface area contributed by atoms with Crippen molar-refractivity contribution in [2.45, 2.75) is 20.8 Å². The van der Waals surface area contributed by atoms with Crippen LogP contribution in [0.5, 0.6) is 0 Å². The third-order valence-corrected chi connectivity index (χ3v) is 3.50. The van der Waals surface area contributed by atoms with Gasteiger partial charge in [-0.25, -0.2) is 4.98 Å². The maximum atomic E-state index is 11.6. The van der Waals surface area contributed by atoms with Crippen LogP contribution < -0.4 is 5.56 Å². The van der Waals surface area contributed by atoms with Gasteiger partial charge in [0, 0.05) is 11.3 Å². The van der Waals surface area contributed by atoms with E-state index in [2.05, 4.69) is 9.97 Å². The Bertz CT molecular complexity index is 554. The molecule has 2 aromatic heterocycles. The highest BCUT2D eigenvalue weighted by Gasteiger charge is 2.08. The van der Waals surface area contributed by atoms with Crippen molar-refractivity contribution in [3.8, 4) is 10.7 Å². The Morgan fingerprint density at radius 3 is 2.60 bits per heavy atom. The van der Waals surface area contributed by atoms with E-state index in [1.54, 1.807) is 18.3 Å². The van der Waals surface area contributed by atoms with Crippen LogP contribution in [0.3, 0.4) is 0 Å². The Balaban J connectivity index is 2.66. The zero-order valence-corrected chi connectivity index (χ0v) is 9.73. The number of hydrogen-bond donors (Lipinski definition) is 1. The number of aromatic amines is 1. The fraction of sp³-hybridized carbons (Fsp3) is 0.273. The lowest BCUT2D eigenvalue weighted by Crippen LogP contribution is -2.14. The number of rotatable bonds is 1.